The van der Waals surface area contributed by atoms with E-state index in [1.54, 1.807) is 39.6 Å². The summed E-state index contributed by atoms with van der Waals surface area (Å²) in [6, 6.07) is -1.36. The molecule has 3 aliphatic rings. The molecule has 2 aliphatic heterocycles. The highest BCUT2D eigenvalue weighted by Crippen LogP contribution is 2.46. The standard InChI is InChI=1S/C20H33N5O7/c1-10-6-19(28,9-24-8-11-7-23-4-5-25-11)20(29)18(30-10)31-17-15(27)12(21-2)14(26)13(22-3)16(17)32-20/h4-5,7,10,12-18,21-22,24,26-29H,6,8-9H2,1-3H3/t10-,12-,13+,14+,15+,16-,17?,18+,19-,20-/m1/s1. The maximum atomic E-state index is 11.6. The third-order valence-electron chi connectivity index (χ3n) is 6.69. The van der Waals surface area contributed by atoms with E-state index in [2.05, 4.69) is 25.9 Å². The van der Waals surface area contributed by atoms with Crippen LogP contribution in [-0.2, 0) is 20.8 Å². The number of hydrogen-bond donors (Lipinski definition) is 7. The molecule has 1 aromatic heterocycles. The van der Waals surface area contributed by atoms with Crippen LogP contribution in [0, 0.1) is 0 Å². The largest absolute Gasteiger partial charge is 0.390 e. The highest BCUT2D eigenvalue weighted by molar-refractivity contribution is 5.12. The van der Waals surface area contributed by atoms with Crippen LogP contribution in [0.5, 0.6) is 0 Å². The van der Waals surface area contributed by atoms with E-state index in [0.717, 1.165) is 0 Å². The minimum Gasteiger partial charge on any atom is -0.390 e. The molecule has 0 amide bonds. The Bertz CT molecular complexity index is 778. The van der Waals surface area contributed by atoms with Crippen molar-refractivity contribution in [3.05, 3.63) is 24.3 Å². The molecule has 3 heterocycles. The molecule has 2 saturated heterocycles. The fraction of sp³-hybridized carbons (Fsp3) is 0.800. The number of likely N-dealkylation sites (N-methyl/N-ethyl adjacent to an activating group) is 2. The van der Waals surface area contributed by atoms with Gasteiger partial charge in [0.05, 0.1) is 30.0 Å². The molecule has 1 aromatic rings. The van der Waals surface area contributed by atoms with Gasteiger partial charge in [-0.15, -0.1) is 0 Å². The van der Waals surface area contributed by atoms with Crippen molar-refractivity contribution in [1.29, 1.82) is 0 Å². The number of aliphatic hydroxyl groups is 4. The molecule has 3 fully saturated rings. The molecular weight excluding hydrogens is 422 g/mol. The smallest absolute Gasteiger partial charge is 0.249 e. The second kappa shape index (κ2) is 9.14. The van der Waals surface area contributed by atoms with E-state index in [9.17, 15) is 20.4 Å². The molecule has 1 saturated carbocycles. The Morgan fingerprint density at radius 3 is 2.47 bits per heavy atom. The van der Waals surface area contributed by atoms with E-state index < -0.39 is 60.3 Å². The Hall–Kier alpha value is -1.32. The summed E-state index contributed by atoms with van der Waals surface area (Å²) in [6.07, 6.45) is -0.979. The number of rotatable bonds is 6. The van der Waals surface area contributed by atoms with Gasteiger partial charge in [0.15, 0.2) is 0 Å². The molecule has 10 atom stereocenters. The molecule has 0 spiro atoms. The van der Waals surface area contributed by atoms with Crippen LogP contribution >= 0.6 is 0 Å². The van der Waals surface area contributed by atoms with E-state index in [1.165, 1.54) is 0 Å². The van der Waals surface area contributed by atoms with Crippen LogP contribution in [0.15, 0.2) is 18.6 Å². The molecule has 180 valence electrons. The van der Waals surface area contributed by atoms with Gasteiger partial charge in [0.2, 0.25) is 12.1 Å². The average Bonchev–Trinajstić information content (AvgIpc) is 2.75. The SMILES string of the molecule is CN[C@@H]1[C@H](O)[C@H](NC)[C@H]2O[C@]3(O)[C@H](OC2[C@H]1O)O[C@H](C)C[C@@]3(O)CNCc1cnccn1. The lowest BCUT2D eigenvalue weighted by atomic mass is 9.77. The van der Waals surface area contributed by atoms with Crippen molar-refractivity contribution in [2.24, 2.45) is 0 Å². The molecule has 1 aliphatic carbocycles. The fourth-order valence-electron chi connectivity index (χ4n) is 5.05. The van der Waals surface area contributed by atoms with Gasteiger partial charge in [-0.2, -0.15) is 0 Å². The summed E-state index contributed by atoms with van der Waals surface area (Å²) in [5.74, 6) is -2.24. The zero-order valence-corrected chi connectivity index (χ0v) is 18.4. The van der Waals surface area contributed by atoms with Crippen molar-refractivity contribution in [1.82, 2.24) is 25.9 Å². The minimum atomic E-state index is -2.24. The second-order valence-electron chi connectivity index (χ2n) is 8.80. The summed E-state index contributed by atoms with van der Waals surface area (Å²) in [6.45, 7) is 2.04. The molecule has 4 rings (SSSR count). The maximum absolute atomic E-state index is 11.6. The normalized spacial score (nSPS) is 46.3. The number of aliphatic hydroxyl groups excluding tert-OH is 2. The van der Waals surface area contributed by atoms with Gasteiger partial charge in [0.25, 0.3) is 0 Å². The zero-order chi connectivity index (χ0) is 23.1. The topological polar surface area (TPSA) is 170 Å². The van der Waals surface area contributed by atoms with Crippen molar-refractivity contribution < 1.29 is 34.6 Å². The van der Waals surface area contributed by atoms with E-state index >= 15 is 0 Å². The monoisotopic (exact) mass is 455 g/mol. The van der Waals surface area contributed by atoms with Crippen LogP contribution in [0.25, 0.3) is 0 Å². The van der Waals surface area contributed by atoms with Crippen molar-refractivity contribution in [3.8, 4) is 0 Å². The summed E-state index contributed by atoms with van der Waals surface area (Å²) in [5.41, 5.74) is -1.11. The van der Waals surface area contributed by atoms with Crippen LogP contribution in [0.2, 0.25) is 0 Å². The fourth-order valence-corrected chi connectivity index (χ4v) is 5.05. The Balaban J connectivity index is 1.57. The van der Waals surface area contributed by atoms with Gasteiger partial charge in [-0.3, -0.25) is 9.97 Å². The molecule has 0 bridgehead atoms. The van der Waals surface area contributed by atoms with Crippen LogP contribution in [0.4, 0.5) is 0 Å². The van der Waals surface area contributed by atoms with Crippen LogP contribution in [-0.4, -0.2) is 111 Å². The zero-order valence-electron chi connectivity index (χ0n) is 18.4. The second-order valence-corrected chi connectivity index (χ2v) is 8.80. The van der Waals surface area contributed by atoms with E-state index in [0.29, 0.717) is 12.2 Å². The summed E-state index contributed by atoms with van der Waals surface area (Å²) < 4.78 is 17.9. The number of nitrogens with zero attached hydrogens (tertiary/aromatic N) is 2. The minimum absolute atomic E-state index is 0.0422. The van der Waals surface area contributed by atoms with Crippen LogP contribution < -0.4 is 16.0 Å². The average molecular weight is 456 g/mol. The van der Waals surface area contributed by atoms with E-state index in [1.807, 2.05) is 0 Å². The molecule has 0 aromatic carbocycles. The summed E-state index contributed by atoms with van der Waals surface area (Å²) in [4.78, 5) is 8.20. The Labute approximate surface area is 186 Å². The van der Waals surface area contributed by atoms with Crippen molar-refractivity contribution in [2.45, 2.75) is 80.2 Å². The first kappa shape index (κ1) is 23.8. The molecule has 32 heavy (non-hydrogen) atoms. The summed E-state index contributed by atoms with van der Waals surface area (Å²) in [7, 11) is 3.27. The first-order valence-corrected chi connectivity index (χ1v) is 10.8. The number of hydrogen-bond acceptors (Lipinski definition) is 12. The van der Waals surface area contributed by atoms with Gasteiger partial charge in [0, 0.05) is 38.1 Å². The third-order valence-corrected chi connectivity index (χ3v) is 6.69. The molecule has 12 nitrogen and oxygen atoms in total. The third kappa shape index (κ3) is 3.94. The van der Waals surface area contributed by atoms with Crippen LogP contribution in [0.1, 0.15) is 19.0 Å². The molecule has 12 heteroatoms. The lowest BCUT2D eigenvalue weighted by Crippen LogP contribution is -2.81. The van der Waals surface area contributed by atoms with Gasteiger partial charge in [-0.25, -0.2) is 0 Å². The quantitative estimate of drug-likeness (QED) is 0.230. The molecule has 7 N–H and O–H groups in total. The van der Waals surface area contributed by atoms with Gasteiger partial charge in [0.1, 0.15) is 23.9 Å². The summed E-state index contributed by atoms with van der Waals surface area (Å²) in [5, 5.41) is 53.7. The van der Waals surface area contributed by atoms with E-state index in [4.69, 9.17) is 14.2 Å². The highest BCUT2D eigenvalue weighted by Gasteiger charge is 2.68. The number of aromatic nitrogens is 2. The first-order chi connectivity index (χ1) is 15.2. The lowest BCUT2D eigenvalue weighted by molar-refractivity contribution is -0.482. The van der Waals surface area contributed by atoms with Crippen molar-refractivity contribution in [2.75, 3.05) is 20.6 Å². The number of fused-ring (bicyclic) bond motifs is 2. The predicted molar refractivity (Wildman–Crippen MR) is 110 cm³/mol. The van der Waals surface area contributed by atoms with Crippen LogP contribution in [0.3, 0.4) is 0 Å². The van der Waals surface area contributed by atoms with Gasteiger partial charge < -0.3 is 50.6 Å². The van der Waals surface area contributed by atoms with Gasteiger partial charge in [-0.1, -0.05) is 0 Å². The van der Waals surface area contributed by atoms with Crippen molar-refractivity contribution in [3.63, 3.8) is 0 Å². The lowest BCUT2D eigenvalue weighted by Gasteiger charge is -2.60. The molecule has 1 unspecified atom stereocenters. The van der Waals surface area contributed by atoms with Gasteiger partial charge in [-0.05, 0) is 21.0 Å². The number of ether oxygens (including phenoxy) is 3. The Morgan fingerprint density at radius 1 is 1.06 bits per heavy atom. The van der Waals surface area contributed by atoms with E-state index in [-0.39, 0.29) is 13.0 Å². The van der Waals surface area contributed by atoms with Crippen molar-refractivity contribution >= 4 is 0 Å². The Morgan fingerprint density at radius 2 is 1.81 bits per heavy atom. The first-order valence-electron chi connectivity index (χ1n) is 10.8. The summed E-state index contributed by atoms with van der Waals surface area (Å²) >= 11 is 0. The maximum Gasteiger partial charge on any atom is 0.249 e. The molecule has 0 radical (unpaired) electrons. The molecular formula is C20H33N5O7. The van der Waals surface area contributed by atoms with Gasteiger partial charge >= 0.3 is 0 Å². The highest BCUT2D eigenvalue weighted by atomic mass is 16.8. The number of nitrogens with one attached hydrogen (secondary N) is 3. The predicted octanol–water partition coefficient (Wildman–Crippen LogP) is -3.18. The Kier molecular flexibility index (Phi) is 6.81.